The van der Waals surface area contributed by atoms with Crippen molar-refractivity contribution >= 4 is 0 Å². The van der Waals surface area contributed by atoms with Gasteiger partial charge in [-0.3, -0.25) is 0 Å². The van der Waals surface area contributed by atoms with E-state index in [4.69, 9.17) is 4.74 Å². The average Bonchev–Trinajstić information content (AvgIpc) is 2.85. The lowest BCUT2D eigenvalue weighted by atomic mass is 9.95. The van der Waals surface area contributed by atoms with Crippen molar-refractivity contribution in [3.8, 4) is 0 Å². The summed E-state index contributed by atoms with van der Waals surface area (Å²) in [7, 11) is 0. The highest BCUT2D eigenvalue weighted by atomic mass is 16.6. The van der Waals surface area contributed by atoms with Crippen LogP contribution < -0.4 is 0 Å². The highest BCUT2D eigenvalue weighted by Gasteiger charge is 2.50. The maximum absolute atomic E-state index is 5.85. The molecular weight excluding hydrogens is 196 g/mol. The number of hydrogen-bond donors (Lipinski definition) is 0. The van der Waals surface area contributed by atoms with Gasteiger partial charge in [0.2, 0.25) is 0 Å². The average molecular weight is 220 g/mol. The maximum atomic E-state index is 5.85. The van der Waals surface area contributed by atoms with Gasteiger partial charge in [0.1, 0.15) is 0 Å². The summed E-state index contributed by atoms with van der Waals surface area (Å²) in [4.78, 5) is 0. The molecule has 90 valence electrons. The number of rotatable bonds is 0. The molecule has 0 aromatic heterocycles. The minimum Gasteiger partial charge on any atom is -0.366 e. The molecule has 0 amide bonds. The van der Waals surface area contributed by atoms with Crippen LogP contribution in [-0.2, 0) is 4.74 Å². The Morgan fingerprint density at radius 2 is 1.81 bits per heavy atom. The number of allylic oxidation sites excluding steroid dienone is 4. The van der Waals surface area contributed by atoms with Crippen molar-refractivity contribution in [2.45, 2.75) is 71.0 Å². The number of ether oxygens (including phenoxy) is 1. The third kappa shape index (κ3) is 2.98. The summed E-state index contributed by atoms with van der Waals surface area (Å²) in [5, 5.41) is 0. The first-order chi connectivity index (χ1) is 7.60. The molecule has 0 saturated carbocycles. The van der Waals surface area contributed by atoms with E-state index in [1.807, 2.05) is 0 Å². The molecule has 16 heavy (non-hydrogen) atoms. The van der Waals surface area contributed by atoms with E-state index in [-0.39, 0.29) is 5.60 Å². The number of hydrogen-bond acceptors (Lipinski definition) is 1. The van der Waals surface area contributed by atoms with Gasteiger partial charge in [0, 0.05) is 0 Å². The van der Waals surface area contributed by atoms with Crippen LogP contribution in [0.15, 0.2) is 23.3 Å². The first-order valence-corrected chi connectivity index (χ1v) is 6.59. The zero-order valence-corrected chi connectivity index (χ0v) is 10.9. The molecule has 1 fully saturated rings. The molecule has 0 radical (unpaired) electrons. The minimum atomic E-state index is 0.191. The molecule has 1 nitrogen and oxygen atoms in total. The van der Waals surface area contributed by atoms with Gasteiger partial charge in [0.05, 0.1) is 11.7 Å². The molecule has 0 aromatic carbocycles. The van der Waals surface area contributed by atoms with E-state index in [2.05, 4.69) is 32.9 Å². The Morgan fingerprint density at radius 3 is 2.62 bits per heavy atom. The highest BCUT2D eigenvalue weighted by molar-refractivity contribution is 5.09. The van der Waals surface area contributed by atoms with Crippen molar-refractivity contribution < 1.29 is 4.74 Å². The van der Waals surface area contributed by atoms with Crippen LogP contribution in [0.1, 0.15) is 59.3 Å². The Morgan fingerprint density at radius 1 is 1.12 bits per heavy atom. The molecule has 2 atom stereocenters. The molecule has 0 aromatic rings. The standard InChI is InChI=1S/C15H24O/c1-12-6-4-7-13(2)9-10-14-15(3,16-14)11-5-8-12/h7-8,14H,4-6,9-11H2,1-3H3/b12-8-,13-7-/t14-,15+/m1/s1. The van der Waals surface area contributed by atoms with Crippen molar-refractivity contribution in [3.05, 3.63) is 23.3 Å². The zero-order valence-electron chi connectivity index (χ0n) is 10.9. The molecule has 0 unspecified atom stereocenters. The lowest BCUT2D eigenvalue weighted by molar-refractivity contribution is 0.295. The lowest BCUT2D eigenvalue weighted by Crippen LogP contribution is -2.09. The molecule has 0 spiro atoms. The fraction of sp³-hybridized carbons (Fsp3) is 0.733. The van der Waals surface area contributed by atoms with E-state index < -0.39 is 0 Å². The fourth-order valence-corrected chi connectivity index (χ4v) is 2.59. The smallest absolute Gasteiger partial charge is 0.0923 e. The third-order valence-electron chi connectivity index (χ3n) is 4.00. The van der Waals surface area contributed by atoms with E-state index in [1.54, 1.807) is 0 Å². The summed E-state index contributed by atoms with van der Waals surface area (Å²) in [5.41, 5.74) is 3.26. The van der Waals surface area contributed by atoms with Crippen LogP contribution in [0, 0.1) is 0 Å². The largest absolute Gasteiger partial charge is 0.366 e. The van der Waals surface area contributed by atoms with Gasteiger partial charge >= 0.3 is 0 Å². The van der Waals surface area contributed by atoms with Crippen molar-refractivity contribution in [1.29, 1.82) is 0 Å². The van der Waals surface area contributed by atoms with Gasteiger partial charge in [-0.25, -0.2) is 0 Å². The Bertz CT molecular complexity index is 313. The molecule has 0 N–H and O–H groups in total. The van der Waals surface area contributed by atoms with E-state index in [9.17, 15) is 0 Å². The van der Waals surface area contributed by atoms with Crippen LogP contribution in [0.4, 0.5) is 0 Å². The summed E-state index contributed by atoms with van der Waals surface area (Å²) in [6, 6.07) is 0. The first kappa shape index (κ1) is 11.9. The minimum absolute atomic E-state index is 0.191. The van der Waals surface area contributed by atoms with E-state index >= 15 is 0 Å². The van der Waals surface area contributed by atoms with E-state index in [0.717, 1.165) is 0 Å². The lowest BCUT2D eigenvalue weighted by Gasteiger charge is -2.07. The van der Waals surface area contributed by atoms with Crippen molar-refractivity contribution in [2.24, 2.45) is 0 Å². The Kier molecular flexibility index (Phi) is 3.53. The molecule has 2 aliphatic rings. The predicted molar refractivity (Wildman–Crippen MR) is 68.5 cm³/mol. The van der Waals surface area contributed by atoms with Gasteiger partial charge in [0.15, 0.2) is 0 Å². The molecule has 1 aliphatic heterocycles. The van der Waals surface area contributed by atoms with E-state index in [1.165, 1.54) is 49.7 Å². The quantitative estimate of drug-likeness (QED) is 0.435. The Hall–Kier alpha value is -0.560. The van der Waals surface area contributed by atoms with Crippen LogP contribution in [0.3, 0.4) is 0 Å². The molecule has 2 rings (SSSR count). The van der Waals surface area contributed by atoms with Crippen molar-refractivity contribution in [2.75, 3.05) is 0 Å². The molecule has 1 saturated heterocycles. The zero-order chi connectivity index (χ0) is 11.6. The van der Waals surface area contributed by atoms with Gasteiger partial charge in [-0.05, 0) is 59.3 Å². The first-order valence-electron chi connectivity index (χ1n) is 6.59. The van der Waals surface area contributed by atoms with Crippen molar-refractivity contribution in [3.63, 3.8) is 0 Å². The maximum Gasteiger partial charge on any atom is 0.0923 e. The molecule has 0 bridgehead atoms. The molecule has 1 aliphatic carbocycles. The number of epoxide rings is 1. The summed E-state index contributed by atoms with van der Waals surface area (Å²) < 4.78 is 5.85. The van der Waals surface area contributed by atoms with Crippen LogP contribution in [0.25, 0.3) is 0 Å². The summed E-state index contributed by atoms with van der Waals surface area (Å²) in [5.74, 6) is 0. The summed E-state index contributed by atoms with van der Waals surface area (Å²) in [6.07, 6.45) is 12.5. The second kappa shape index (κ2) is 4.75. The molecular formula is C15H24O. The van der Waals surface area contributed by atoms with Gasteiger partial charge in [-0.1, -0.05) is 23.3 Å². The topological polar surface area (TPSA) is 12.5 Å². The fourth-order valence-electron chi connectivity index (χ4n) is 2.59. The molecule has 1 heteroatoms. The second-order valence-corrected chi connectivity index (χ2v) is 5.64. The van der Waals surface area contributed by atoms with Crippen molar-refractivity contribution in [1.82, 2.24) is 0 Å². The highest BCUT2D eigenvalue weighted by Crippen LogP contribution is 2.43. The van der Waals surface area contributed by atoms with Crippen LogP contribution >= 0.6 is 0 Å². The normalized spacial score (nSPS) is 42.8. The summed E-state index contributed by atoms with van der Waals surface area (Å²) >= 11 is 0. The monoisotopic (exact) mass is 220 g/mol. The Labute approximate surface area is 99.6 Å². The molecule has 1 heterocycles. The van der Waals surface area contributed by atoms with Crippen LogP contribution in [0.5, 0.6) is 0 Å². The van der Waals surface area contributed by atoms with Gasteiger partial charge in [-0.2, -0.15) is 0 Å². The summed E-state index contributed by atoms with van der Waals surface area (Å²) in [6.45, 7) is 6.78. The van der Waals surface area contributed by atoms with Crippen LogP contribution in [-0.4, -0.2) is 11.7 Å². The van der Waals surface area contributed by atoms with Gasteiger partial charge in [-0.15, -0.1) is 0 Å². The predicted octanol–water partition coefficient (Wildman–Crippen LogP) is 4.39. The second-order valence-electron chi connectivity index (χ2n) is 5.64. The third-order valence-corrected chi connectivity index (χ3v) is 4.00. The van der Waals surface area contributed by atoms with Crippen LogP contribution in [0.2, 0.25) is 0 Å². The number of fused-ring (bicyclic) bond motifs is 1. The van der Waals surface area contributed by atoms with Gasteiger partial charge in [0.25, 0.3) is 0 Å². The van der Waals surface area contributed by atoms with Gasteiger partial charge < -0.3 is 4.74 Å². The SMILES string of the molecule is C/C1=C/CC[C@]2(C)O[C@@H]2CC/C(C)=C\CC1. The van der Waals surface area contributed by atoms with E-state index in [0.29, 0.717) is 6.10 Å². The Balaban J connectivity index is 1.99.